The van der Waals surface area contributed by atoms with E-state index in [4.69, 9.17) is 0 Å². The molecule has 4 aromatic rings. The van der Waals surface area contributed by atoms with Crippen molar-refractivity contribution in [1.82, 2.24) is 14.8 Å². The van der Waals surface area contributed by atoms with E-state index in [1.165, 1.54) is 22.3 Å². The summed E-state index contributed by atoms with van der Waals surface area (Å²) in [7, 11) is 1.98. The maximum atomic E-state index is 15.2. The number of nitrogens with one attached hydrogen (secondary N) is 1. The van der Waals surface area contributed by atoms with Crippen molar-refractivity contribution in [3.05, 3.63) is 89.9 Å². The maximum Gasteiger partial charge on any atom is 0.471 e. The highest BCUT2D eigenvalue weighted by molar-refractivity contribution is 6.00. The highest BCUT2D eigenvalue weighted by Gasteiger charge is 2.38. The third kappa shape index (κ3) is 6.71. The van der Waals surface area contributed by atoms with Crippen molar-refractivity contribution in [3.8, 4) is 11.1 Å². The number of aromatic nitrogens is 1. The van der Waals surface area contributed by atoms with Gasteiger partial charge in [-0.2, -0.15) is 13.2 Å². The van der Waals surface area contributed by atoms with Gasteiger partial charge >= 0.3 is 18.1 Å². The van der Waals surface area contributed by atoms with Gasteiger partial charge in [0, 0.05) is 54.1 Å². The van der Waals surface area contributed by atoms with Crippen molar-refractivity contribution < 1.29 is 31.9 Å². The number of hydrogen-bond acceptors (Lipinski definition) is 3. The Bertz CT molecular complexity index is 1660. The second-order valence-electron chi connectivity index (χ2n) is 10.6. The van der Waals surface area contributed by atoms with Crippen LogP contribution in [0.2, 0.25) is 0 Å². The minimum Gasteiger partial charge on any atom is -0.351 e. The number of Topliss-reactive ketones (excluding diaryl/α,β-unsaturated/α-hetero) is 1. The number of carbonyl (C=O) groups excluding carboxylic acids is 3. The molecule has 0 saturated carbocycles. The van der Waals surface area contributed by atoms with E-state index in [9.17, 15) is 27.6 Å². The fourth-order valence-electron chi connectivity index (χ4n) is 5.20. The third-order valence-corrected chi connectivity index (χ3v) is 7.63. The van der Waals surface area contributed by atoms with E-state index in [1.807, 2.05) is 60.3 Å². The SMILES string of the molecule is Cn1ccc2cc(-c3ccc(N(Cc4ccc(C(=O)CNC(=O)C(F)(F)F)cc4F)C(=O)N4CCCCC4)cc3)ccc21. The van der Waals surface area contributed by atoms with Crippen molar-refractivity contribution in [2.45, 2.75) is 32.0 Å². The molecule has 1 saturated heterocycles. The number of piperidine rings is 1. The number of aryl methyl sites for hydroxylation is 1. The first-order chi connectivity index (χ1) is 20.5. The van der Waals surface area contributed by atoms with Gasteiger partial charge in [0.2, 0.25) is 0 Å². The summed E-state index contributed by atoms with van der Waals surface area (Å²) < 4.78 is 54.5. The highest BCUT2D eigenvalue weighted by atomic mass is 19.4. The fraction of sp³-hybridized carbons (Fsp3) is 0.281. The van der Waals surface area contributed by atoms with Crippen molar-refractivity contribution in [1.29, 1.82) is 0 Å². The van der Waals surface area contributed by atoms with Gasteiger partial charge in [0.1, 0.15) is 5.82 Å². The number of anilines is 1. The molecule has 2 heterocycles. The number of benzene rings is 3. The number of urea groups is 1. The number of ketones is 1. The molecular formula is C32H30F4N4O3. The van der Waals surface area contributed by atoms with Gasteiger partial charge in [-0.25, -0.2) is 9.18 Å². The van der Waals surface area contributed by atoms with Crippen LogP contribution < -0.4 is 10.2 Å². The van der Waals surface area contributed by atoms with Crippen LogP contribution in [0, 0.1) is 5.82 Å². The molecule has 0 bridgehead atoms. The lowest BCUT2D eigenvalue weighted by atomic mass is 10.0. The smallest absolute Gasteiger partial charge is 0.351 e. The van der Waals surface area contributed by atoms with Crippen LogP contribution in [-0.2, 0) is 18.4 Å². The molecule has 1 N–H and O–H groups in total. The maximum absolute atomic E-state index is 15.2. The molecule has 0 unspecified atom stereocenters. The Kier molecular flexibility index (Phi) is 8.52. The number of likely N-dealkylation sites (tertiary alicyclic amines) is 1. The number of hydrogen-bond donors (Lipinski definition) is 1. The van der Waals surface area contributed by atoms with Crippen LogP contribution in [0.1, 0.15) is 35.2 Å². The molecule has 1 aliphatic heterocycles. The Morgan fingerprint density at radius 1 is 0.884 bits per heavy atom. The summed E-state index contributed by atoms with van der Waals surface area (Å²) in [6, 6.07) is 18.9. The van der Waals surface area contributed by atoms with Gasteiger partial charge in [-0.1, -0.05) is 30.3 Å². The van der Waals surface area contributed by atoms with Gasteiger partial charge in [-0.05, 0) is 66.8 Å². The molecule has 43 heavy (non-hydrogen) atoms. The van der Waals surface area contributed by atoms with E-state index in [0.717, 1.165) is 47.4 Å². The predicted molar refractivity (Wildman–Crippen MR) is 155 cm³/mol. The average Bonchev–Trinajstić information content (AvgIpc) is 3.38. The van der Waals surface area contributed by atoms with Gasteiger partial charge < -0.3 is 14.8 Å². The molecule has 7 nitrogen and oxygen atoms in total. The predicted octanol–water partition coefficient (Wildman–Crippen LogP) is 6.46. The van der Waals surface area contributed by atoms with Gasteiger partial charge in [0.05, 0.1) is 13.1 Å². The summed E-state index contributed by atoms with van der Waals surface area (Å²) in [6.45, 7) is 0.115. The molecule has 0 spiro atoms. The molecule has 3 amide bonds. The van der Waals surface area contributed by atoms with Gasteiger partial charge in [-0.15, -0.1) is 0 Å². The van der Waals surface area contributed by atoms with Gasteiger partial charge in [-0.3, -0.25) is 14.5 Å². The second kappa shape index (κ2) is 12.3. The van der Waals surface area contributed by atoms with Crippen molar-refractivity contribution in [2.24, 2.45) is 7.05 Å². The molecular weight excluding hydrogens is 564 g/mol. The summed E-state index contributed by atoms with van der Waals surface area (Å²) in [5.41, 5.74) is 3.56. The van der Waals surface area contributed by atoms with Gasteiger partial charge in [0.25, 0.3) is 0 Å². The molecule has 5 rings (SSSR count). The van der Waals surface area contributed by atoms with Crippen molar-refractivity contribution >= 4 is 34.3 Å². The summed E-state index contributed by atoms with van der Waals surface area (Å²) in [5, 5.41) is 2.59. The Hall–Kier alpha value is -4.67. The molecule has 1 fully saturated rings. The summed E-state index contributed by atoms with van der Waals surface area (Å²) in [6.07, 6.45) is -0.368. The number of halogens is 4. The lowest BCUT2D eigenvalue weighted by Gasteiger charge is -2.33. The summed E-state index contributed by atoms with van der Waals surface area (Å²) in [5.74, 6) is -3.93. The van der Waals surface area contributed by atoms with Crippen LogP contribution in [0.4, 0.5) is 28.0 Å². The van der Waals surface area contributed by atoms with Crippen LogP contribution in [0.5, 0.6) is 0 Å². The zero-order valence-corrected chi connectivity index (χ0v) is 23.5. The highest BCUT2D eigenvalue weighted by Crippen LogP contribution is 2.29. The second-order valence-corrected chi connectivity index (χ2v) is 10.6. The quantitative estimate of drug-likeness (QED) is 0.197. The minimum absolute atomic E-state index is 0.125. The topological polar surface area (TPSA) is 74.6 Å². The normalized spacial score (nSPS) is 13.7. The molecule has 3 aromatic carbocycles. The summed E-state index contributed by atoms with van der Waals surface area (Å²) in [4.78, 5) is 40.2. The third-order valence-electron chi connectivity index (χ3n) is 7.63. The Morgan fingerprint density at radius 2 is 1.58 bits per heavy atom. The lowest BCUT2D eigenvalue weighted by molar-refractivity contribution is -0.173. The molecule has 0 aliphatic carbocycles. The van der Waals surface area contributed by atoms with Gasteiger partial charge in [0.15, 0.2) is 5.78 Å². The first kappa shape index (κ1) is 29.8. The number of fused-ring (bicyclic) bond motifs is 1. The van der Waals surface area contributed by atoms with E-state index in [0.29, 0.717) is 18.8 Å². The van der Waals surface area contributed by atoms with Crippen molar-refractivity contribution in [3.63, 3.8) is 0 Å². The first-order valence-corrected chi connectivity index (χ1v) is 13.9. The van der Waals surface area contributed by atoms with Crippen LogP contribution in [0.15, 0.2) is 72.9 Å². The zero-order chi connectivity index (χ0) is 30.7. The van der Waals surface area contributed by atoms with Crippen molar-refractivity contribution in [2.75, 3.05) is 24.5 Å². The molecule has 11 heteroatoms. The van der Waals surface area contributed by atoms with Crippen LogP contribution in [0.25, 0.3) is 22.0 Å². The Labute approximate surface area is 245 Å². The average molecular weight is 595 g/mol. The van der Waals surface area contributed by atoms with E-state index in [1.54, 1.807) is 4.90 Å². The number of alkyl halides is 3. The largest absolute Gasteiger partial charge is 0.471 e. The molecule has 224 valence electrons. The zero-order valence-electron chi connectivity index (χ0n) is 23.5. The summed E-state index contributed by atoms with van der Waals surface area (Å²) >= 11 is 0. The van der Waals surface area contributed by atoms with E-state index < -0.39 is 30.2 Å². The van der Waals surface area contributed by atoms with E-state index >= 15 is 4.39 Å². The number of rotatable bonds is 7. The molecule has 1 aliphatic rings. The van der Waals surface area contributed by atoms with E-state index in [2.05, 4.69) is 6.07 Å². The Balaban J connectivity index is 1.37. The number of amides is 3. The van der Waals surface area contributed by atoms with Crippen LogP contribution >= 0.6 is 0 Å². The lowest BCUT2D eigenvalue weighted by Crippen LogP contribution is -2.45. The first-order valence-electron chi connectivity index (χ1n) is 13.9. The number of carbonyl (C=O) groups is 3. The van der Waals surface area contributed by atoms with E-state index in [-0.39, 0.29) is 23.7 Å². The molecule has 0 atom stereocenters. The molecule has 0 radical (unpaired) electrons. The molecule has 1 aromatic heterocycles. The minimum atomic E-state index is -5.13. The van der Waals surface area contributed by atoms with Crippen LogP contribution in [-0.4, -0.2) is 53.0 Å². The Morgan fingerprint density at radius 3 is 2.26 bits per heavy atom. The fourth-order valence-corrected chi connectivity index (χ4v) is 5.20. The standard InChI is InChI=1S/C32H30F4N4O3/c1-38-16-13-23-17-22(9-12-28(23)38)21-7-10-26(11-8-21)40(31(43)39-14-3-2-4-15-39)20-25-6-5-24(18-27(25)33)29(41)19-37-30(42)32(34,35)36/h5-13,16-18H,2-4,14-15,19-20H2,1H3,(H,37,42). The number of nitrogens with zero attached hydrogens (tertiary/aromatic N) is 3. The monoisotopic (exact) mass is 594 g/mol. The van der Waals surface area contributed by atoms with Crippen LogP contribution in [0.3, 0.4) is 0 Å².